The predicted molar refractivity (Wildman–Crippen MR) is 90.4 cm³/mol. The van der Waals surface area contributed by atoms with Gasteiger partial charge in [0.25, 0.3) is 5.91 Å². The maximum absolute atomic E-state index is 13.0. The van der Waals surface area contributed by atoms with Crippen molar-refractivity contribution >= 4 is 5.91 Å². The van der Waals surface area contributed by atoms with Crippen LogP contribution in [0.5, 0.6) is 5.88 Å². The molecular formula is C19H16F6N2O2. The van der Waals surface area contributed by atoms with Gasteiger partial charge in [-0.3, -0.25) is 4.79 Å². The van der Waals surface area contributed by atoms with E-state index in [4.69, 9.17) is 4.74 Å². The van der Waals surface area contributed by atoms with Crippen molar-refractivity contribution in [3.8, 4) is 5.88 Å². The van der Waals surface area contributed by atoms with Gasteiger partial charge in [0.05, 0.1) is 17.7 Å². The molecule has 2 heterocycles. The number of likely N-dealkylation sites (tertiary alicyclic amines) is 1. The summed E-state index contributed by atoms with van der Waals surface area (Å²) in [5, 5.41) is 0. The molecule has 0 radical (unpaired) electrons. The second-order valence-electron chi connectivity index (χ2n) is 6.75. The standard InChI is InChI=1S/C19H16F6N2O2/c1-11-2-3-16(26-9-11)29-15-4-5-27(10-15)17(28)12-6-13(18(20,21)22)8-14(7-12)19(23,24)25/h2-3,6-9,15H,4-5,10H2,1H3/t15-/m1/s1. The number of carbonyl (C=O) groups is 1. The zero-order chi connectivity index (χ0) is 21.4. The number of carbonyl (C=O) groups excluding carboxylic acids is 1. The quantitative estimate of drug-likeness (QED) is 0.678. The summed E-state index contributed by atoms with van der Waals surface area (Å²) in [6.45, 7) is 2.02. The van der Waals surface area contributed by atoms with Crippen LogP contribution in [0, 0.1) is 6.92 Å². The molecule has 1 amide bonds. The van der Waals surface area contributed by atoms with Gasteiger partial charge in [0.2, 0.25) is 5.88 Å². The molecule has 1 fully saturated rings. The van der Waals surface area contributed by atoms with Gasteiger partial charge in [0.15, 0.2) is 0 Å². The van der Waals surface area contributed by atoms with Crippen molar-refractivity contribution in [3.05, 3.63) is 58.8 Å². The molecule has 4 nitrogen and oxygen atoms in total. The molecular weight excluding hydrogens is 402 g/mol. The summed E-state index contributed by atoms with van der Waals surface area (Å²) in [6, 6.07) is 4.29. The topological polar surface area (TPSA) is 42.4 Å². The number of rotatable bonds is 3. The average molecular weight is 418 g/mol. The Morgan fingerprint density at radius 3 is 2.21 bits per heavy atom. The molecule has 1 aliphatic rings. The van der Waals surface area contributed by atoms with Gasteiger partial charge in [-0.1, -0.05) is 6.07 Å². The molecule has 10 heteroatoms. The van der Waals surface area contributed by atoms with Crippen LogP contribution >= 0.6 is 0 Å². The van der Waals surface area contributed by atoms with Gasteiger partial charge in [-0.25, -0.2) is 4.98 Å². The van der Waals surface area contributed by atoms with E-state index in [0.717, 1.165) is 5.56 Å². The number of amides is 1. The second-order valence-corrected chi connectivity index (χ2v) is 6.75. The number of aryl methyl sites for hydroxylation is 1. The molecule has 156 valence electrons. The summed E-state index contributed by atoms with van der Waals surface area (Å²) in [5.74, 6) is -0.585. The van der Waals surface area contributed by atoms with Gasteiger partial charge in [-0.05, 0) is 30.7 Å². The lowest BCUT2D eigenvalue weighted by Crippen LogP contribution is -2.31. The van der Waals surface area contributed by atoms with Crippen LogP contribution < -0.4 is 4.74 Å². The second kappa shape index (κ2) is 7.57. The molecule has 1 aromatic carbocycles. The average Bonchev–Trinajstić information content (AvgIpc) is 3.09. The monoisotopic (exact) mass is 418 g/mol. The highest BCUT2D eigenvalue weighted by atomic mass is 19.4. The Morgan fingerprint density at radius 1 is 1.07 bits per heavy atom. The van der Waals surface area contributed by atoms with E-state index in [2.05, 4.69) is 4.98 Å². The van der Waals surface area contributed by atoms with Gasteiger partial charge >= 0.3 is 12.4 Å². The minimum absolute atomic E-state index is 0.00423. The van der Waals surface area contributed by atoms with Crippen LogP contribution in [0.25, 0.3) is 0 Å². The fourth-order valence-corrected chi connectivity index (χ4v) is 2.96. The largest absolute Gasteiger partial charge is 0.472 e. The molecule has 0 aliphatic carbocycles. The number of nitrogens with zero attached hydrogens (tertiary/aromatic N) is 2. The van der Waals surface area contributed by atoms with Crippen LogP contribution in [0.1, 0.15) is 33.5 Å². The molecule has 1 aliphatic heterocycles. The lowest BCUT2D eigenvalue weighted by Gasteiger charge is -2.19. The number of hydrogen-bond donors (Lipinski definition) is 0. The van der Waals surface area contributed by atoms with Gasteiger partial charge in [0, 0.05) is 30.8 Å². The maximum Gasteiger partial charge on any atom is 0.416 e. The van der Waals surface area contributed by atoms with E-state index < -0.39 is 41.1 Å². The summed E-state index contributed by atoms with van der Waals surface area (Å²) in [4.78, 5) is 17.8. The van der Waals surface area contributed by atoms with E-state index in [-0.39, 0.29) is 19.2 Å². The highest BCUT2D eigenvalue weighted by Crippen LogP contribution is 2.36. The summed E-state index contributed by atoms with van der Waals surface area (Å²) in [5.41, 5.74) is -2.79. The Labute approximate surface area is 162 Å². The first-order valence-corrected chi connectivity index (χ1v) is 8.61. The van der Waals surface area contributed by atoms with Crippen molar-refractivity contribution in [2.24, 2.45) is 0 Å². The van der Waals surface area contributed by atoms with E-state index in [9.17, 15) is 31.1 Å². The Balaban J connectivity index is 1.78. The third-order valence-corrected chi connectivity index (χ3v) is 4.44. The first kappa shape index (κ1) is 20.9. The third kappa shape index (κ3) is 4.99. The Bertz CT molecular complexity index is 861. The zero-order valence-corrected chi connectivity index (χ0v) is 15.1. The van der Waals surface area contributed by atoms with E-state index in [1.807, 2.05) is 6.92 Å². The minimum atomic E-state index is -5.01. The summed E-state index contributed by atoms with van der Waals surface area (Å²) in [7, 11) is 0. The number of benzene rings is 1. The van der Waals surface area contributed by atoms with Crippen molar-refractivity contribution in [1.29, 1.82) is 0 Å². The summed E-state index contributed by atoms with van der Waals surface area (Å²) in [6.07, 6.45) is -8.50. The van der Waals surface area contributed by atoms with Crippen LogP contribution in [0.2, 0.25) is 0 Å². The molecule has 29 heavy (non-hydrogen) atoms. The Kier molecular flexibility index (Phi) is 5.46. The van der Waals surface area contributed by atoms with Crippen molar-refractivity contribution in [2.75, 3.05) is 13.1 Å². The molecule has 0 saturated carbocycles. The predicted octanol–water partition coefficient (Wildman–Crippen LogP) is 4.72. The van der Waals surface area contributed by atoms with Crippen LogP contribution in [0.3, 0.4) is 0 Å². The molecule has 1 saturated heterocycles. The fraction of sp³-hybridized carbons (Fsp3) is 0.368. The molecule has 0 N–H and O–H groups in total. The van der Waals surface area contributed by atoms with Gasteiger partial charge < -0.3 is 9.64 Å². The number of ether oxygens (including phenoxy) is 1. The minimum Gasteiger partial charge on any atom is -0.472 e. The van der Waals surface area contributed by atoms with E-state index in [1.165, 1.54) is 4.90 Å². The van der Waals surface area contributed by atoms with Gasteiger partial charge in [0.1, 0.15) is 6.10 Å². The van der Waals surface area contributed by atoms with Crippen LogP contribution in [0.15, 0.2) is 36.5 Å². The number of halogens is 6. The molecule has 0 unspecified atom stereocenters. The van der Waals surface area contributed by atoms with Gasteiger partial charge in [-0.2, -0.15) is 26.3 Å². The first-order chi connectivity index (χ1) is 13.4. The van der Waals surface area contributed by atoms with Crippen LogP contribution in [-0.2, 0) is 12.4 Å². The molecule has 0 bridgehead atoms. The lowest BCUT2D eigenvalue weighted by molar-refractivity contribution is -0.143. The highest BCUT2D eigenvalue weighted by molar-refractivity contribution is 5.95. The van der Waals surface area contributed by atoms with Gasteiger partial charge in [-0.15, -0.1) is 0 Å². The Morgan fingerprint density at radius 2 is 1.69 bits per heavy atom. The summed E-state index contributed by atoms with van der Waals surface area (Å²) < 4.78 is 83.6. The molecule has 2 aromatic rings. The van der Waals surface area contributed by atoms with Crippen molar-refractivity contribution in [3.63, 3.8) is 0 Å². The molecule has 3 rings (SSSR count). The molecule has 1 aromatic heterocycles. The lowest BCUT2D eigenvalue weighted by atomic mass is 10.0. The third-order valence-electron chi connectivity index (χ3n) is 4.44. The van der Waals surface area contributed by atoms with Crippen LogP contribution in [-0.4, -0.2) is 35.0 Å². The van der Waals surface area contributed by atoms with Crippen LogP contribution in [0.4, 0.5) is 26.3 Å². The maximum atomic E-state index is 13.0. The van der Waals surface area contributed by atoms with E-state index in [1.54, 1.807) is 18.3 Å². The number of aromatic nitrogens is 1. The fourth-order valence-electron chi connectivity index (χ4n) is 2.96. The van der Waals surface area contributed by atoms with E-state index >= 15 is 0 Å². The highest BCUT2D eigenvalue weighted by Gasteiger charge is 2.38. The first-order valence-electron chi connectivity index (χ1n) is 8.61. The number of alkyl halides is 6. The van der Waals surface area contributed by atoms with E-state index in [0.29, 0.717) is 24.4 Å². The Hall–Kier alpha value is -2.78. The smallest absolute Gasteiger partial charge is 0.416 e. The number of pyridine rings is 1. The molecule has 1 atom stereocenters. The normalized spacial score (nSPS) is 17.5. The summed E-state index contributed by atoms with van der Waals surface area (Å²) >= 11 is 0. The molecule has 0 spiro atoms. The van der Waals surface area contributed by atoms with Crippen molar-refractivity contribution < 1.29 is 35.9 Å². The SMILES string of the molecule is Cc1ccc(O[C@@H]2CCN(C(=O)c3cc(C(F)(F)F)cc(C(F)(F)F)c3)C2)nc1. The van der Waals surface area contributed by atoms with Crippen molar-refractivity contribution in [2.45, 2.75) is 31.8 Å². The zero-order valence-electron chi connectivity index (χ0n) is 15.1. The number of hydrogen-bond acceptors (Lipinski definition) is 3. The van der Waals surface area contributed by atoms with Crippen molar-refractivity contribution in [1.82, 2.24) is 9.88 Å².